The number of pyridine rings is 1. The summed E-state index contributed by atoms with van der Waals surface area (Å²) in [6.07, 6.45) is 3.43. The molecule has 4 rings (SSSR count). The molecule has 0 aliphatic carbocycles. The molecule has 0 saturated heterocycles. The lowest BCUT2D eigenvalue weighted by molar-refractivity contribution is 0.0601. The second-order valence-electron chi connectivity index (χ2n) is 8.53. The molecule has 9 heteroatoms. The molecule has 1 N–H and O–H groups in total. The Balaban J connectivity index is 2.01. The van der Waals surface area contributed by atoms with Gasteiger partial charge >= 0.3 is 0 Å². The van der Waals surface area contributed by atoms with Gasteiger partial charge in [0.1, 0.15) is 19.3 Å². The number of amides is 1. The summed E-state index contributed by atoms with van der Waals surface area (Å²) in [5, 5.41) is 12.3. The first-order valence-electron chi connectivity index (χ1n) is 11.6. The maximum Gasteiger partial charge on any atom is 0.278 e. The number of carbonyl (C=O) groups excluding carboxylic acids is 1. The molecule has 2 heterocycles. The van der Waals surface area contributed by atoms with Gasteiger partial charge in [0.05, 0.1) is 0 Å². The molecule has 2 aromatic carbocycles. The van der Waals surface area contributed by atoms with Crippen LogP contribution in [0.3, 0.4) is 0 Å². The van der Waals surface area contributed by atoms with Crippen molar-refractivity contribution in [3.8, 4) is 11.5 Å². The molecule has 1 aliphatic heterocycles. The molecule has 2 atom stereocenters. The third-order valence-corrected chi connectivity index (χ3v) is 6.35. The first-order chi connectivity index (χ1) is 17.3. The Kier molecular flexibility index (Phi) is 7.10. The van der Waals surface area contributed by atoms with Gasteiger partial charge < -0.3 is 14.7 Å². The zero-order valence-corrected chi connectivity index (χ0v) is 20.0. The van der Waals surface area contributed by atoms with Gasteiger partial charge in [-0.2, -0.15) is 4.39 Å². The average Bonchev–Trinajstić information content (AvgIpc) is 2.89. The molecule has 36 heavy (non-hydrogen) atoms. The van der Waals surface area contributed by atoms with E-state index >= 15 is 4.39 Å². The average molecular weight is 496 g/mol. The van der Waals surface area contributed by atoms with Crippen LogP contribution in [0, 0.1) is 11.6 Å². The lowest BCUT2D eigenvalue weighted by Crippen LogP contribution is -2.57. The summed E-state index contributed by atoms with van der Waals surface area (Å²) in [4.78, 5) is 27.2. The van der Waals surface area contributed by atoms with Gasteiger partial charge in [-0.25, -0.2) is 4.39 Å². The van der Waals surface area contributed by atoms with E-state index in [2.05, 4.69) is 6.58 Å². The lowest BCUT2D eigenvalue weighted by atomic mass is 9.96. The molecule has 0 fully saturated rings. The predicted molar refractivity (Wildman–Crippen MR) is 132 cm³/mol. The second kappa shape index (κ2) is 10.2. The number of ether oxygens (including phenoxy) is 1. The zero-order valence-electron chi connectivity index (χ0n) is 20.0. The fraction of sp³-hybridized carbons (Fsp3) is 0.259. The van der Waals surface area contributed by atoms with Crippen LogP contribution < -0.4 is 15.2 Å². The standard InChI is InChI=1S/C27H27F2N3O4/c1-4-15-36-26-19(11-12-20(28)22(26)29)23(18-9-7-6-8-10-18)32-16-30(17(3)5-2)27(35)24-25(34)21(33)13-14-31(24)32/h4,6-14,17,23,34H,1,5,15-16H2,2-3H3/t17-,23-/m0/s1. The van der Waals surface area contributed by atoms with Crippen LogP contribution in [0.1, 0.15) is 47.9 Å². The minimum atomic E-state index is -1.15. The van der Waals surface area contributed by atoms with Gasteiger partial charge in [0.25, 0.3) is 5.91 Å². The van der Waals surface area contributed by atoms with Crippen LogP contribution in [-0.4, -0.2) is 39.9 Å². The van der Waals surface area contributed by atoms with Crippen LogP contribution in [0.25, 0.3) is 0 Å². The fourth-order valence-electron chi connectivity index (χ4n) is 4.32. The number of nitrogens with zero attached hydrogens (tertiary/aromatic N) is 3. The van der Waals surface area contributed by atoms with Crippen LogP contribution >= 0.6 is 0 Å². The van der Waals surface area contributed by atoms with Crippen molar-refractivity contribution in [2.75, 3.05) is 18.3 Å². The summed E-state index contributed by atoms with van der Waals surface area (Å²) in [6.45, 7) is 7.35. The molecule has 0 spiro atoms. The minimum absolute atomic E-state index is 0.0443. The Labute approximate surface area is 207 Å². The number of rotatable bonds is 8. The van der Waals surface area contributed by atoms with E-state index in [0.717, 1.165) is 12.1 Å². The summed E-state index contributed by atoms with van der Waals surface area (Å²) in [5.74, 6) is -3.69. The third kappa shape index (κ3) is 4.32. The SMILES string of the molecule is C=CCOc1c([C@H](c2ccccc2)N2CN([C@@H](C)CC)C(=O)c3c(O)c(=O)ccn32)ccc(F)c1F. The van der Waals surface area contributed by atoms with E-state index in [1.165, 1.54) is 27.9 Å². The summed E-state index contributed by atoms with van der Waals surface area (Å²) >= 11 is 0. The summed E-state index contributed by atoms with van der Waals surface area (Å²) in [7, 11) is 0. The van der Waals surface area contributed by atoms with Crippen LogP contribution in [0.5, 0.6) is 11.5 Å². The maximum absolute atomic E-state index is 15.1. The van der Waals surface area contributed by atoms with Crippen molar-refractivity contribution in [3.05, 3.63) is 106 Å². The number of hydrogen-bond acceptors (Lipinski definition) is 5. The van der Waals surface area contributed by atoms with Crippen LogP contribution in [0.4, 0.5) is 8.78 Å². The van der Waals surface area contributed by atoms with E-state index < -0.39 is 34.8 Å². The van der Waals surface area contributed by atoms with Gasteiger partial charge in [-0.05, 0) is 31.0 Å². The Morgan fingerprint density at radius 2 is 1.86 bits per heavy atom. The topological polar surface area (TPSA) is 75.0 Å². The summed E-state index contributed by atoms with van der Waals surface area (Å²) < 4.78 is 36.3. The maximum atomic E-state index is 15.1. The monoisotopic (exact) mass is 495 g/mol. The number of fused-ring (bicyclic) bond motifs is 1. The van der Waals surface area contributed by atoms with E-state index in [1.54, 1.807) is 17.1 Å². The molecule has 7 nitrogen and oxygen atoms in total. The lowest BCUT2D eigenvalue weighted by Gasteiger charge is -2.45. The summed E-state index contributed by atoms with van der Waals surface area (Å²) in [6, 6.07) is 11.6. The normalized spacial score (nSPS) is 14.8. The van der Waals surface area contributed by atoms with Crippen LogP contribution in [0.15, 0.2) is 72.2 Å². The van der Waals surface area contributed by atoms with Gasteiger partial charge in [0.15, 0.2) is 23.0 Å². The zero-order chi connectivity index (χ0) is 26.0. The number of hydrogen-bond donors (Lipinski definition) is 1. The number of aromatic nitrogens is 1. The van der Waals surface area contributed by atoms with Gasteiger partial charge in [0, 0.05) is 23.9 Å². The Hall–Kier alpha value is -4.14. The highest BCUT2D eigenvalue weighted by atomic mass is 19.2. The van der Waals surface area contributed by atoms with Crippen LogP contribution in [0.2, 0.25) is 0 Å². The van der Waals surface area contributed by atoms with E-state index in [-0.39, 0.29) is 30.8 Å². The number of benzene rings is 2. The van der Waals surface area contributed by atoms with E-state index in [1.807, 2.05) is 32.0 Å². The largest absolute Gasteiger partial charge is 0.502 e. The molecule has 1 amide bonds. The van der Waals surface area contributed by atoms with Crippen molar-refractivity contribution in [1.29, 1.82) is 0 Å². The molecule has 188 valence electrons. The van der Waals surface area contributed by atoms with Crippen molar-refractivity contribution in [1.82, 2.24) is 9.58 Å². The van der Waals surface area contributed by atoms with Crippen molar-refractivity contribution in [2.24, 2.45) is 0 Å². The van der Waals surface area contributed by atoms with Crippen molar-refractivity contribution < 1.29 is 23.4 Å². The molecule has 1 aliphatic rings. The number of aromatic hydroxyl groups is 1. The van der Waals surface area contributed by atoms with Crippen molar-refractivity contribution in [3.63, 3.8) is 0 Å². The third-order valence-electron chi connectivity index (χ3n) is 6.35. The Morgan fingerprint density at radius 1 is 1.14 bits per heavy atom. The highest BCUT2D eigenvalue weighted by molar-refractivity contribution is 5.96. The molecule has 0 bridgehead atoms. The highest BCUT2D eigenvalue weighted by Crippen LogP contribution is 2.39. The first-order valence-corrected chi connectivity index (χ1v) is 11.6. The molecule has 0 radical (unpaired) electrons. The van der Waals surface area contributed by atoms with Crippen molar-refractivity contribution >= 4 is 5.91 Å². The van der Waals surface area contributed by atoms with Gasteiger partial charge in [-0.1, -0.05) is 49.9 Å². The Bertz CT molecular complexity index is 1340. The molecular weight excluding hydrogens is 468 g/mol. The smallest absolute Gasteiger partial charge is 0.278 e. The summed E-state index contributed by atoms with van der Waals surface area (Å²) in [5.41, 5.74) is 0.0878. The van der Waals surface area contributed by atoms with E-state index in [4.69, 9.17) is 4.74 Å². The predicted octanol–water partition coefficient (Wildman–Crippen LogP) is 4.34. The molecule has 0 saturated carbocycles. The number of halogens is 2. The molecule has 1 aromatic heterocycles. The quantitative estimate of drug-likeness (QED) is 0.471. The van der Waals surface area contributed by atoms with Crippen LogP contribution in [-0.2, 0) is 0 Å². The van der Waals surface area contributed by atoms with E-state index in [0.29, 0.717) is 17.5 Å². The van der Waals surface area contributed by atoms with Gasteiger partial charge in [0.2, 0.25) is 11.2 Å². The van der Waals surface area contributed by atoms with Crippen molar-refractivity contribution in [2.45, 2.75) is 32.4 Å². The molecular formula is C27H27F2N3O4. The van der Waals surface area contributed by atoms with Gasteiger partial charge in [-0.15, -0.1) is 0 Å². The van der Waals surface area contributed by atoms with Gasteiger partial charge in [-0.3, -0.25) is 19.3 Å². The minimum Gasteiger partial charge on any atom is -0.502 e. The first kappa shape index (κ1) is 25.0. The molecule has 3 aromatic rings. The van der Waals surface area contributed by atoms with E-state index in [9.17, 15) is 19.1 Å². The second-order valence-corrected chi connectivity index (χ2v) is 8.53. The Morgan fingerprint density at radius 3 is 2.53 bits per heavy atom. The highest BCUT2D eigenvalue weighted by Gasteiger charge is 2.39. The number of carbonyl (C=O) groups is 1. The molecule has 0 unspecified atom stereocenters. The fourth-order valence-corrected chi connectivity index (χ4v) is 4.32.